The molecule has 0 atom stereocenters. The first-order valence-electron chi connectivity index (χ1n) is 5.48. The molecule has 2 aromatic rings. The van der Waals surface area contributed by atoms with Gasteiger partial charge in [0, 0.05) is 27.2 Å². The second kappa shape index (κ2) is 6.02. The van der Waals surface area contributed by atoms with E-state index >= 15 is 0 Å². The molecule has 0 radical (unpaired) electrons. The number of carbonyl (C=O) groups excluding carboxylic acids is 1. The van der Waals surface area contributed by atoms with Gasteiger partial charge in [-0.25, -0.2) is 0 Å². The van der Waals surface area contributed by atoms with Crippen molar-refractivity contribution >= 4 is 44.8 Å². The van der Waals surface area contributed by atoms with Crippen LogP contribution in [0.4, 0.5) is 11.4 Å². The molecule has 0 saturated carbocycles. The first-order valence-corrected chi connectivity index (χ1v) is 6.65. The van der Waals surface area contributed by atoms with Gasteiger partial charge in [0.2, 0.25) is 0 Å². The number of nitrogens with one attached hydrogen (secondary N) is 1. The first kappa shape index (κ1) is 14.5. The Morgan fingerprint density at radius 1 is 1.25 bits per heavy atom. The van der Waals surface area contributed by atoms with Gasteiger partial charge in [-0.3, -0.25) is 14.9 Å². The lowest BCUT2D eigenvalue weighted by Gasteiger charge is -2.07. The van der Waals surface area contributed by atoms with Crippen LogP contribution in [0.25, 0.3) is 0 Å². The Morgan fingerprint density at radius 2 is 2.00 bits per heavy atom. The maximum atomic E-state index is 12.1. The fourth-order valence-corrected chi connectivity index (χ4v) is 2.07. The Kier molecular flexibility index (Phi) is 4.36. The van der Waals surface area contributed by atoms with Crippen LogP contribution in [-0.4, -0.2) is 10.8 Å². The van der Waals surface area contributed by atoms with Crippen LogP contribution < -0.4 is 5.32 Å². The Bertz CT molecular complexity index is 691. The predicted molar refractivity (Wildman–Crippen MR) is 80.2 cm³/mol. The summed E-state index contributed by atoms with van der Waals surface area (Å²) in [6.45, 7) is 0. The van der Waals surface area contributed by atoms with Gasteiger partial charge < -0.3 is 5.32 Å². The van der Waals surface area contributed by atoms with Crippen molar-refractivity contribution in [2.45, 2.75) is 0 Å². The normalized spacial score (nSPS) is 10.1. The Labute approximate surface area is 127 Å². The minimum absolute atomic E-state index is 0.136. The van der Waals surface area contributed by atoms with Crippen molar-refractivity contribution in [2.24, 2.45) is 0 Å². The Hall–Kier alpha value is -1.92. The summed E-state index contributed by atoms with van der Waals surface area (Å²) in [6.07, 6.45) is 0. The summed E-state index contributed by atoms with van der Waals surface area (Å²) >= 11 is 9.14. The highest BCUT2D eigenvalue weighted by molar-refractivity contribution is 9.10. The van der Waals surface area contributed by atoms with Crippen LogP contribution in [0.15, 0.2) is 46.9 Å². The van der Waals surface area contributed by atoms with Crippen molar-refractivity contribution in [3.05, 3.63) is 67.6 Å². The number of anilines is 1. The van der Waals surface area contributed by atoms with E-state index in [1.54, 1.807) is 18.2 Å². The van der Waals surface area contributed by atoms with Crippen molar-refractivity contribution in [1.82, 2.24) is 0 Å². The number of hydrogen-bond acceptors (Lipinski definition) is 3. The molecular formula is C13H8BrClN2O3. The quantitative estimate of drug-likeness (QED) is 0.660. The lowest BCUT2D eigenvalue weighted by Crippen LogP contribution is -2.12. The summed E-state index contributed by atoms with van der Waals surface area (Å²) in [4.78, 5) is 22.2. The standard InChI is InChI=1S/C13H8BrClN2O3/c14-11-5-4-9(15)7-12(11)16-13(18)8-2-1-3-10(6-8)17(19)20/h1-7H,(H,16,18). The molecule has 1 amide bonds. The fourth-order valence-electron chi connectivity index (χ4n) is 1.55. The number of nitro groups is 1. The summed E-state index contributed by atoms with van der Waals surface area (Å²) in [5.41, 5.74) is 0.558. The van der Waals surface area contributed by atoms with Gasteiger partial charge in [0.1, 0.15) is 0 Å². The molecule has 0 aliphatic heterocycles. The minimum atomic E-state index is -0.550. The number of halogens is 2. The van der Waals surface area contributed by atoms with E-state index in [1.807, 2.05) is 0 Å². The number of nitrogens with zero attached hydrogens (tertiary/aromatic N) is 1. The third-order valence-electron chi connectivity index (χ3n) is 2.50. The van der Waals surface area contributed by atoms with E-state index < -0.39 is 10.8 Å². The largest absolute Gasteiger partial charge is 0.321 e. The highest BCUT2D eigenvalue weighted by atomic mass is 79.9. The number of non-ortho nitro benzene ring substituents is 1. The molecule has 0 bridgehead atoms. The van der Waals surface area contributed by atoms with E-state index in [-0.39, 0.29) is 11.3 Å². The minimum Gasteiger partial charge on any atom is -0.321 e. The molecule has 0 aromatic heterocycles. The number of amides is 1. The van der Waals surface area contributed by atoms with E-state index in [0.29, 0.717) is 15.2 Å². The highest BCUT2D eigenvalue weighted by Gasteiger charge is 2.12. The van der Waals surface area contributed by atoms with Crippen molar-refractivity contribution < 1.29 is 9.72 Å². The molecule has 0 fully saturated rings. The zero-order chi connectivity index (χ0) is 14.7. The molecule has 0 heterocycles. The van der Waals surface area contributed by atoms with E-state index in [4.69, 9.17) is 11.6 Å². The monoisotopic (exact) mass is 354 g/mol. The molecule has 20 heavy (non-hydrogen) atoms. The van der Waals surface area contributed by atoms with Gasteiger partial charge in [-0.05, 0) is 40.2 Å². The van der Waals surface area contributed by atoms with Crippen LogP contribution in [0.1, 0.15) is 10.4 Å². The highest BCUT2D eigenvalue weighted by Crippen LogP contribution is 2.26. The summed E-state index contributed by atoms with van der Waals surface area (Å²) in [6, 6.07) is 10.5. The summed E-state index contributed by atoms with van der Waals surface area (Å²) in [7, 11) is 0. The van der Waals surface area contributed by atoms with Crippen LogP contribution in [0, 0.1) is 10.1 Å². The van der Waals surface area contributed by atoms with E-state index in [1.165, 1.54) is 24.3 Å². The molecule has 0 unspecified atom stereocenters. The third-order valence-corrected chi connectivity index (χ3v) is 3.42. The lowest BCUT2D eigenvalue weighted by molar-refractivity contribution is -0.384. The van der Waals surface area contributed by atoms with Crippen LogP contribution in [-0.2, 0) is 0 Å². The van der Waals surface area contributed by atoms with Gasteiger partial charge in [0.25, 0.3) is 11.6 Å². The molecule has 0 aliphatic rings. The van der Waals surface area contributed by atoms with Crippen molar-refractivity contribution in [1.29, 1.82) is 0 Å². The Balaban J connectivity index is 2.26. The average molecular weight is 356 g/mol. The summed E-state index contributed by atoms with van der Waals surface area (Å²) in [5.74, 6) is -0.448. The predicted octanol–water partition coefficient (Wildman–Crippen LogP) is 4.26. The third kappa shape index (κ3) is 3.34. The zero-order valence-corrected chi connectivity index (χ0v) is 12.3. The molecule has 0 spiro atoms. The Morgan fingerprint density at radius 3 is 2.70 bits per heavy atom. The average Bonchev–Trinajstić information content (AvgIpc) is 2.43. The molecule has 0 saturated heterocycles. The second-order valence-electron chi connectivity index (χ2n) is 3.89. The molecule has 102 valence electrons. The maximum Gasteiger partial charge on any atom is 0.270 e. The van der Waals surface area contributed by atoms with Gasteiger partial charge in [-0.15, -0.1) is 0 Å². The molecule has 7 heteroatoms. The second-order valence-corrected chi connectivity index (χ2v) is 5.18. The molecular weight excluding hydrogens is 348 g/mol. The summed E-state index contributed by atoms with van der Waals surface area (Å²) in [5, 5.41) is 13.8. The van der Waals surface area contributed by atoms with E-state index in [0.717, 1.165) is 0 Å². The SMILES string of the molecule is O=C(Nc1cc(Cl)ccc1Br)c1cccc([N+](=O)[O-])c1. The molecule has 5 nitrogen and oxygen atoms in total. The van der Waals surface area contributed by atoms with Gasteiger partial charge in [0.05, 0.1) is 10.6 Å². The van der Waals surface area contributed by atoms with Gasteiger partial charge >= 0.3 is 0 Å². The maximum absolute atomic E-state index is 12.1. The van der Waals surface area contributed by atoms with Gasteiger partial charge in [0.15, 0.2) is 0 Å². The number of benzene rings is 2. The topological polar surface area (TPSA) is 72.2 Å². The first-order chi connectivity index (χ1) is 9.47. The molecule has 0 aliphatic carbocycles. The fraction of sp³-hybridized carbons (Fsp3) is 0. The van der Waals surface area contributed by atoms with Crippen LogP contribution in [0.5, 0.6) is 0 Å². The number of rotatable bonds is 3. The molecule has 1 N–H and O–H groups in total. The smallest absolute Gasteiger partial charge is 0.270 e. The van der Waals surface area contributed by atoms with Crippen LogP contribution >= 0.6 is 27.5 Å². The van der Waals surface area contributed by atoms with E-state index in [9.17, 15) is 14.9 Å². The van der Waals surface area contributed by atoms with E-state index in [2.05, 4.69) is 21.2 Å². The van der Waals surface area contributed by atoms with Crippen molar-refractivity contribution in [3.8, 4) is 0 Å². The van der Waals surface area contributed by atoms with Crippen LogP contribution in [0.2, 0.25) is 5.02 Å². The number of carbonyl (C=O) groups is 1. The number of nitro benzene ring substituents is 1. The number of hydrogen-bond donors (Lipinski definition) is 1. The zero-order valence-electron chi connectivity index (χ0n) is 9.97. The van der Waals surface area contributed by atoms with Gasteiger partial charge in [-0.2, -0.15) is 0 Å². The van der Waals surface area contributed by atoms with Crippen molar-refractivity contribution in [2.75, 3.05) is 5.32 Å². The summed E-state index contributed by atoms with van der Waals surface area (Å²) < 4.78 is 0.667. The molecule has 2 rings (SSSR count). The van der Waals surface area contributed by atoms with Crippen molar-refractivity contribution in [3.63, 3.8) is 0 Å². The van der Waals surface area contributed by atoms with Gasteiger partial charge in [-0.1, -0.05) is 17.7 Å². The lowest BCUT2D eigenvalue weighted by atomic mass is 10.2. The van der Waals surface area contributed by atoms with Crippen LogP contribution in [0.3, 0.4) is 0 Å². The molecule has 2 aromatic carbocycles.